The Morgan fingerprint density at radius 1 is 1.78 bits per heavy atom. The summed E-state index contributed by atoms with van der Waals surface area (Å²) in [5.74, 6) is -1.27. The summed E-state index contributed by atoms with van der Waals surface area (Å²) >= 11 is 0. The normalized spacial score (nSPS) is 16.8. The van der Waals surface area contributed by atoms with Crippen molar-refractivity contribution in [2.75, 3.05) is 6.16 Å². The second-order valence-corrected chi connectivity index (χ2v) is 2.15. The molecule has 0 saturated carbocycles. The smallest absolute Gasteiger partial charge is 0.334 e. The van der Waals surface area contributed by atoms with Gasteiger partial charge >= 0.3 is 5.97 Å². The Balaban J connectivity index is 3.72. The van der Waals surface area contributed by atoms with E-state index < -0.39 is 18.1 Å². The monoisotopic (exact) mass is 151 g/mol. The Morgan fingerprint density at radius 2 is 2.22 bits per heavy atom. The van der Waals surface area contributed by atoms with Crippen molar-refractivity contribution in [3.05, 3.63) is 0 Å². The van der Waals surface area contributed by atoms with E-state index in [0.29, 0.717) is 6.16 Å². The molecule has 0 rings (SSSR count). The van der Waals surface area contributed by atoms with Crippen LogP contribution in [0.3, 0.4) is 0 Å². The third-order valence-corrected chi connectivity index (χ3v) is 1.48. The average molecular weight is 151 g/mol. The molecule has 3 unspecified atom stereocenters. The summed E-state index contributed by atoms with van der Waals surface area (Å²) in [6, 6.07) is -0.688. The van der Waals surface area contributed by atoms with Gasteiger partial charge in [-0.05, 0) is 6.16 Å². The minimum atomic E-state index is -1.44. The standard InChI is InChI=1S/C4H10NO3P/c5-2(1-9)3(6)4(7)8/h2-3,6H,1,5,9H2,(H,7,8). The summed E-state index contributed by atoms with van der Waals surface area (Å²) in [5, 5.41) is 16.8. The number of nitrogens with two attached hydrogens (primary N) is 1. The van der Waals surface area contributed by atoms with Crippen LogP contribution < -0.4 is 5.73 Å². The predicted octanol–water partition coefficient (Wildman–Crippen LogP) is -1.37. The molecule has 0 bridgehead atoms. The molecular formula is C4H10NO3P. The maximum atomic E-state index is 9.96. The highest BCUT2D eigenvalue weighted by atomic mass is 31.0. The molecule has 0 aromatic rings. The molecule has 0 heterocycles. The Morgan fingerprint density at radius 3 is 2.33 bits per heavy atom. The molecule has 0 amide bonds. The Hall–Kier alpha value is -0.180. The van der Waals surface area contributed by atoms with Crippen LogP contribution in [-0.4, -0.2) is 34.5 Å². The van der Waals surface area contributed by atoms with Crippen LogP contribution in [0, 0.1) is 0 Å². The topological polar surface area (TPSA) is 83.5 Å². The second kappa shape index (κ2) is 3.77. The van der Waals surface area contributed by atoms with Gasteiger partial charge in [0.25, 0.3) is 0 Å². The van der Waals surface area contributed by atoms with Crippen molar-refractivity contribution >= 4 is 15.2 Å². The minimum Gasteiger partial charge on any atom is -0.479 e. The van der Waals surface area contributed by atoms with Crippen molar-refractivity contribution in [3.8, 4) is 0 Å². The lowest BCUT2D eigenvalue weighted by Crippen LogP contribution is -2.41. The SMILES string of the molecule is NC(CP)C(O)C(=O)O. The zero-order valence-corrected chi connectivity index (χ0v) is 5.97. The van der Waals surface area contributed by atoms with Crippen LogP contribution in [-0.2, 0) is 4.79 Å². The van der Waals surface area contributed by atoms with Crippen LogP contribution in [0.25, 0.3) is 0 Å². The van der Waals surface area contributed by atoms with Crippen LogP contribution in [0.4, 0.5) is 0 Å². The molecule has 4 N–H and O–H groups in total. The average Bonchev–Trinajstić information content (AvgIpc) is 1.84. The van der Waals surface area contributed by atoms with E-state index in [0.717, 1.165) is 0 Å². The van der Waals surface area contributed by atoms with E-state index in [1.807, 2.05) is 0 Å². The highest BCUT2D eigenvalue weighted by molar-refractivity contribution is 7.16. The van der Waals surface area contributed by atoms with E-state index in [1.54, 1.807) is 0 Å². The van der Waals surface area contributed by atoms with Gasteiger partial charge in [-0.2, -0.15) is 0 Å². The predicted molar refractivity (Wildman–Crippen MR) is 36.2 cm³/mol. The van der Waals surface area contributed by atoms with Gasteiger partial charge in [-0.3, -0.25) is 0 Å². The number of hydrogen-bond acceptors (Lipinski definition) is 3. The van der Waals surface area contributed by atoms with Crippen LogP contribution in [0.1, 0.15) is 0 Å². The molecule has 3 atom stereocenters. The molecule has 5 heteroatoms. The van der Waals surface area contributed by atoms with E-state index in [9.17, 15) is 4.79 Å². The Labute approximate surface area is 55.3 Å². The van der Waals surface area contributed by atoms with Crippen molar-refractivity contribution in [2.45, 2.75) is 12.1 Å². The van der Waals surface area contributed by atoms with Gasteiger partial charge < -0.3 is 15.9 Å². The highest BCUT2D eigenvalue weighted by Crippen LogP contribution is 1.94. The maximum absolute atomic E-state index is 9.96. The van der Waals surface area contributed by atoms with Crippen molar-refractivity contribution in [1.29, 1.82) is 0 Å². The van der Waals surface area contributed by atoms with Gasteiger partial charge in [0.05, 0.1) is 0 Å². The molecular weight excluding hydrogens is 141 g/mol. The van der Waals surface area contributed by atoms with E-state index in [1.165, 1.54) is 0 Å². The maximum Gasteiger partial charge on any atom is 0.334 e. The molecule has 0 spiro atoms. The number of hydrogen-bond donors (Lipinski definition) is 3. The summed E-state index contributed by atoms with van der Waals surface area (Å²) < 4.78 is 0. The van der Waals surface area contributed by atoms with Gasteiger partial charge in [-0.15, -0.1) is 9.24 Å². The lowest BCUT2D eigenvalue weighted by molar-refractivity contribution is -0.147. The van der Waals surface area contributed by atoms with Crippen molar-refractivity contribution in [3.63, 3.8) is 0 Å². The van der Waals surface area contributed by atoms with Crippen molar-refractivity contribution in [1.82, 2.24) is 0 Å². The molecule has 0 aromatic carbocycles. The summed E-state index contributed by atoms with van der Waals surface area (Å²) in [5.41, 5.74) is 5.17. The second-order valence-electron chi connectivity index (χ2n) is 1.68. The van der Waals surface area contributed by atoms with Gasteiger partial charge in [-0.1, -0.05) is 0 Å². The van der Waals surface area contributed by atoms with E-state index >= 15 is 0 Å². The van der Waals surface area contributed by atoms with E-state index in [4.69, 9.17) is 15.9 Å². The zero-order valence-electron chi connectivity index (χ0n) is 4.82. The molecule has 4 nitrogen and oxygen atoms in total. The number of aliphatic hydroxyl groups excluding tert-OH is 1. The fraction of sp³-hybridized carbons (Fsp3) is 0.750. The number of carboxylic acids is 1. The Kier molecular flexibility index (Phi) is 3.70. The van der Waals surface area contributed by atoms with Crippen LogP contribution >= 0.6 is 9.24 Å². The molecule has 0 radical (unpaired) electrons. The molecule has 0 aliphatic carbocycles. The number of carboxylic acid groups (broad SMARTS) is 1. The number of rotatable bonds is 3. The van der Waals surface area contributed by atoms with Crippen LogP contribution in [0.15, 0.2) is 0 Å². The van der Waals surface area contributed by atoms with Crippen LogP contribution in [0.2, 0.25) is 0 Å². The number of aliphatic hydroxyl groups is 1. The van der Waals surface area contributed by atoms with Crippen molar-refractivity contribution in [2.24, 2.45) is 5.73 Å². The first-order valence-corrected chi connectivity index (χ1v) is 3.27. The first-order chi connectivity index (χ1) is 4.09. The first kappa shape index (κ1) is 8.82. The van der Waals surface area contributed by atoms with Gasteiger partial charge in [0.15, 0.2) is 6.10 Å². The summed E-state index contributed by atoms with van der Waals surface area (Å²) in [4.78, 5) is 9.96. The number of carbonyl (C=O) groups is 1. The van der Waals surface area contributed by atoms with E-state index in [-0.39, 0.29) is 0 Å². The molecule has 0 saturated heterocycles. The fourth-order valence-electron chi connectivity index (χ4n) is 0.312. The summed E-state index contributed by atoms with van der Waals surface area (Å²) in [6.45, 7) is 0. The molecule has 0 fully saturated rings. The van der Waals surface area contributed by atoms with Gasteiger partial charge in [0.1, 0.15) is 0 Å². The molecule has 0 aliphatic heterocycles. The molecule has 9 heavy (non-hydrogen) atoms. The minimum absolute atomic E-state index is 0.382. The molecule has 54 valence electrons. The lowest BCUT2D eigenvalue weighted by Gasteiger charge is -2.10. The highest BCUT2D eigenvalue weighted by Gasteiger charge is 2.19. The summed E-state index contributed by atoms with van der Waals surface area (Å²) in [6.07, 6.45) is -1.06. The van der Waals surface area contributed by atoms with Gasteiger partial charge in [-0.25, -0.2) is 4.79 Å². The zero-order chi connectivity index (χ0) is 7.44. The van der Waals surface area contributed by atoms with Crippen LogP contribution in [0.5, 0.6) is 0 Å². The van der Waals surface area contributed by atoms with Crippen molar-refractivity contribution < 1.29 is 15.0 Å². The fourth-order valence-corrected chi connectivity index (χ4v) is 0.570. The molecule has 0 aliphatic rings. The largest absolute Gasteiger partial charge is 0.479 e. The Bertz CT molecular complexity index is 108. The lowest BCUT2D eigenvalue weighted by atomic mass is 10.2. The first-order valence-electron chi connectivity index (χ1n) is 2.46. The third-order valence-electron chi connectivity index (χ3n) is 0.931. The quantitative estimate of drug-likeness (QED) is 0.435. The third kappa shape index (κ3) is 2.75. The summed E-state index contributed by atoms with van der Waals surface area (Å²) in [7, 11) is 2.26. The van der Waals surface area contributed by atoms with Gasteiger partial charge in [0, 0.05) is 6.04 Å². The number of aliphatic carboxylic acids is 1. The van der Waals surface area contributed by atoms with E-state index in [2.05, 4.69) is 9.24 Å². The van der Waals surface area contributed by atoms with Gasteiger partial charge in [0.2, 0.25) is 0 Å². The molecule has 0 aromatic heterocycles.